The summed E-state index contributed by atoms with van der Waals surface area (Å²) in [4.78, 5) is 0. The quantitative estimate of drug-likeness (QED) is 0.483. The number of ether oxygens (including phenoxy) is 2. The maximum absolute atomic E-state index is 5.44. The Morgan fingerprint density at radius 2 is 1.50 bits per heavy atom. The molecule has 0 aromatic carbocycles. The van der Waals surface area contributed by atoms with Crippen molar-refractivity contribution >= 4 is 45.2 Å². The maximum Gasteiger partial charge on any atom is 0.162 e. The molecule has 2 nitrogen and oxygen atoms in total. The van der Waals surface area contributed by atoms with Crippen LogP contribution in [0.15, 0.2) is 0 Å². The van der Waals surface area contributed by atoms with Crippen molar-refractivity contribution in [3.63, 3.8) is 0 Å². The van der Waals surface area contributed by atoms with Crippen molar-refractivity contribution in [1.82, 2.24) is 0 Å². The average Bonchev–Trinajstić information content (AvgIpc) is 1.79. The lowest BCUT2D eigenvalue weighted by molar-refractivity contribution is -0.241. The van der Waals surface area contributed by atoms with E-state index in [2.05, 4.69) is 45.2 Å². The van der Waals surface area contributed by atoms with Crippen LogP contribution in [0.4, 0.5) is 0 Å². The number of hydrogen-bond acceptors (Lipinski definition) is 2. The van der Waals surface area contributed by atoms with Crippen LogP contribution in [0.25, 0.3) is 0 Å². The van der Waals surface area contributed by atoms with Crippen LogP contribution in [0.2, 0.25) is 0 Å². The first-order chi connectivity index (χ1) is 4.41. The molecule has 0 aromatic heterocycles. The SMILES string of the molecule is CC1(C)OCC(I)(I)CO1. The Kier molecular flexibility index (Phi) is 2.86. The van der Waals surface area contributed by atoms with Gasteiger partial charge in [-0.3, -0.25) is 0 Å². The molecule has 1 aliphatic rings. The normalized spacial score (nSPS) is 30.0. The van der Waals surface area contributed by atoms with Crippen LogP contribution < -0.4 is 0 Å². The van der Waals surface area contributed by atoms with Crippen LogP contribution in [-0.2, 0) is 9.47 Å². The monoisotopic (exact) mass is 368 g/mol. The zero-order chi connectivity index (χ0) is 7.83. The Labute approximate surface area is 88.3 Å². The molecule has 0 N–H and O–H groups in total. The standard InChI is InChI=1S/C6H10I2O2/c1-5(2)9-3-6(7,8)4-10-5/h3-4H2,1-2H3. The molecule has 1 rings (SSSR count). The van der Waals surface area contributed by atoms with Crippen LogP contribution >= 0.6 is 45.2 Å². The third-order valence-electron chi connectivity index (χ3n) is 1.26. The highest BCUT2D eigenvalue weighted by molar-refractivity contribution is 14.2. The van der Waals surface area contributed by atoms with Crippen LogP contribution in [0.5, 0.6) is 0 Å². The molecule has 0 spiro atoms. The van der Waals surface area contributed by atoms with Gasteiger partial charge in [0.05, 0.1) is 13.2 Å². The summed E-state index contributed by atoms with van der Waals surface area (Å²) in [6.07, 6.45) is 0. The fourth-order valence-electron chi connectivity index (χ4n) is 0.642. The lowest BCUT2D eigenvalue weighted by Crippen LogP contribution is -2.44. The van der Waals surface area contributed by atoms with E-state index in [0.29, 0.717) is 0 Å². The molecule has 0 radical (unpaired) electrons. The zero-order valence-electron chi connectivity index (χ0n) is 5.99. The van der Waals surface area contributed by atoms with Gasteiger partial charge in [0.15, 0.2) is 5.79 Å². The van der Waals surface area contributed by atoms with E-state index in [9.17, 15) is 0 Å². The van der Waals surface area contributed by atoms with Crippen molar-refractivity contribution in [2.45, 2.75) is 21.1 Å². The smallest absolute Gasteiger partial charge is 0.162 e. The van der Waals surface area contributed by atoms with Gasteiger partial charge in [0.25, 0.3) is 0 Å². The predicted molar refractivity (Wildman–Crippen MR) is 56.8 cm³/mol. The van der Waals surface area contributed by atoms with Gasteiger partial charge in [-0.05, 0) is 13.8 Å². The van der Waals surface area contributed by atoms with E-state index < -0.39 is 0 Å². The van der Waals surface area contributed by atoms with Gasteiger partial charge < -0.3 is 9.47 Å². The molecule has 0 bridgehead atoms. The Balaban J connectivity index is 2.46. The summed E-state index contributed by atoms with van der Waals surface area (Å²) >= 11 is 4.69. The van der Waals surface area contributed by atoms with Gasteiger partial charge in [0.1, 0.15) is 1.43 Å². The van der Waals surface area contributed by atoms with Crippen molar-refractivity contribution in [2.24, 2.45) is 0 Å². The Morgan fingerprint density at radius 1 is 1.10 bits per heavy atom. The molecular formula is C6H10I2O2. The summed E-state index contributed by atoms with van der Waals surface area (Å²) in [5.74, 6) is -0.375. The molecule has 0 amide bonds. The minimum Gasteiger partial charge on any atom is -0.348 e. The van der Waals surface area contributed by atoms with Gasteiger partial charge in [0, 0.05) is 0 Å². The highest BCUT2D eigenvalue weighted by Gasteiger charge is 2.35. The third-order valence-corrected chi connectivity index (χ3v) is 2.51. The minimum absolute atomic E-state index is 0.130. The van der Waals surface area contributed by atoms with E-state index in [1.165, 1.54) is 0 Å². The maximum atomic E-state index is 5.44. The highest BCUT2D eigenvalue weighted by atomic mass is 127. The Morgan fingerprint density at radius 3 is 1.80 bits per heavy atom. The van der Waals surface area contributed by atoms with Crippen molar-refractivity contribution in [1.29, 1.82) is 0 Å². The second-order valence-corrected chi connectivity index (χ2v) is 9.03. The second kappa shape index (κ2) is 3.02. The summed E-state index contributed by atoms with van der Waals surface area (Å²) in [6.45, 7) is 5.41. The largest absolute Gasteiger partial charge is 0.348 e. The Bertz CT molecular complexity index is 106. The number of rotatable bonds is 0. The first kappa shape index (κ1) is 9.47. The van der Waals surface area contributed by atoms with Gasteiger partial charge in [-0.1, -0.05) is 45.2 Å². The van der Waals surface area contributed by atoms with Crippen molar-refractivity contribution in [3.05, 3.63) is 0 Å². The van der Waals surface area contributed by atoms with Gasteiger partial charge >= 0.3 is 0 Å². The molecule has 0 saturated carbocycles. The van der Waals surface area contributed by atoms with E-state index in [0.717, 1.165) is 13.2 Å². The molecule has 1 heterocycles. The molecular weight excluding hydrogens is 358 g/mol. The summed E-state index contributed by atoms with van der Waals surface area (Å²) in [5.41, 5.74) is 0. The molecule has 0 unspecified atom stereocenters. The van der Waals surface area contributed by atoms with Gasteiger partial charge in [0.2, 0.25) is 0 Å². The summed E-state index contributed by atoms with van der Waals surface area (Å²) in [6, 6.07) is 0. The summed E-state index contributed by atoms with van der Waals surface area (Å²) in [7, 11) is 0. The summed E-state index contributed by atoms with van der Waals surface area (Å²) < 4.78 is 11.0. The topological polar surface area (TPSA) is 18.5 Å². The van der Waals surface area contributed by atoms with Crippen LogP contribution in [0, 0.1) is 0 Å². The number of halogens is 2. The van der Waals surface area contributed by atoms with Gasteiger partial charge in [-0.25, -0.2) is 0 Å². The molecule has 0 aromatic rings. The van der Waals surface area contributed by atoms with E-state index in [1.54, 1.807) is 0 Å². The molecule has 10 heavy (non-hydrogen) atoms. The molecule has 4 heteroatoms. The lowest BCUT2D eigenvalue weighted by atomic mass is 10.3. The predicted octanol–water partition coefficient (Wildman–Crippen LogP) is 2.34. The Hall–Kier alpha value is 1.38. The zero-order valence-corrected chi connectivity index (χ0v) is 10.3. The molecule has 1 aliphatic heterocycles. The van der Waals surface area contributed by atoms with E-state index in [1.807, 2.05) is 13.8 Å². The molecule has 0 atom stereocenters. The van der Waals surface area contributed by atoms with Crippen LogP contribution in [0.1, 0.15) is 13.8 Å². The number of hydrogen-bond donors (Lipinski definition) is 0. The van der Waals surface area contributed by atoms with Gasteiger partial charge in [-0.15, -0.1) is 0 Å². The van der Waals surface area contributed by atoms with E-state index >= 15 is 0 Å². The second-order valence-electron chi connectivity index (χ2n) is 2.83. The lowest BCUT2D eigenvalue weighted by Gasteiger charge is -2.37. The molecule has 1 saturated heterocycles. The summed E-state index contributed by atoms with van der Waals surface area (Å²) in [5, 5.41) is 0. The first-order valence-electron chi connectivity index (χ1n) is 3.07. The fourth-order valence-corrected chi connectivity index (χ4v) is 1.26. The number of alkyl halides is 2. The third kappa shape index (κ3) is 2.78. The average molecular weight is 368 g/mol. The van der Waals surface area contributed by atoms with Crippen LogP contribution in [0.3, 0.4) is 0 Å². The van der Waals surface area contributed by atoms with Crippen molar-refractivity contribution < 1.29 is 9.47 Å². The molecule has 0 aliphatic carbocycles. The highest BCUT2D eigenvalue weighted by Crippen LogP contribution is 2.35. The first-order valence-corrected chi connectivity index (χ1v) is 5.23. The molecule has 60 valence electrons. The van der Waals surface area contributed by atoms with Gasteiger partial charge in [-0.2, -0.15) is 0 Å². The van der Waals surface area contributed by atoms with Crippen molar-refractivity contribution in [3.8, 4) is 0 Å². The minimum atomic E-state index is -0.375. The van der Waals surface area contributed by atoms with E-state index in [4.69, 9.17) is 9.47 Å². The van der Waals surface area contributed by atoms with E-state index in [-0.39, 0.29) is 7.22 Å². The van der Waals surface area contributed by atoms with Crippen LogP contribution in [-0.4, -0.2) is 20.4 Å². The van der Waals surface area contributed by atoms with Crippen molar-refractivity contribution in [2.75, 3.05) is 13.2 Å². The molecule has 1 fully saturated rings. The fraction of sp³-hybridized carbons (Fsp3) is 1.00.